The number of aromatic hydroxyl groups is 1. The molecular formula is C28H29F3N6O3. The molecule has 2 N–H and O–H groups in total. The molecular weight excluding hydrogens is 525 g/mol. The van der Waals surface area contributed by atoms with Gasteiger partial charge < -0.3 is 20.2 Å². The summed E-state index contributed by atoms with van der Waals surface area (Å²) in [4.78, 5) is 40.1. The fourth-order valence-corrected chi connectivity index (χ4v) is 5.05. The number of phenols is 1. The van der Waals surface area contributed by atoms with E-state index in [0.29, 0.717) is 51.5 Å². The van der Waals surface area contributed by atoms with E-state index in [1.165, 1.54) is 6.07 Å². The minimum atomic E-state index is -4.73. The first-order valence-corrected chi connectivity index (χ1v) is 13.0. The van der Waals surface area contributed by atoms with Crippen molar-refractivity contribution in [2.45, 2.75) is 12.6 Å². The molecule has 0 bridgehead atoms. The summed E-state index contributed by atoms with van der Waals surface area (Å²) in [5.41, 5.74) is 0.759. The van der Waals surface area contributed by atoms with Crippen LogP contribution >= 0.6 is 0 Å². The molecule has 2 aliphatic rings. The highest BCUT2D eigenvalue weighted by atomic mass is 19.4. The van der Waals surface area contributed by atoms with Crippen LogP contribution in [-0.2, 0) is 15.8 Å². The van der Waals surface area contributed by atoms with E-state index in [1.807, 2.05) is 34.1 Å². The van der Waals surface area contributed by atoms with Gasteiger partial charge in [0, 0.05) is 62.1 Å². The molecule has 2 amide bonds. The number of halogens is 3. The van der Waals surface area contributed by atoms with Crippen molar-refractivity contribution < 1.29 is 27.9 Å². The average Bonchev–Trinajstić information content (AvgIpc) is 3.43. The molecule has 0 unspecified atom stereocenters. The number of piperazine rings is 1. The predicted octanol–water partition coefficient (Wildman–Crippen LogP) is 3.48. The maximum absolute atomic E-state index is 13.1. The topological polar surface area (TPSA) is 102 Å². The van der Waals surface area contributed by atoms with Gasteiger partial charge >= 0.3 is 6.18 Å². The molecule has 3 heterocycles. The van der Waals surface area contributed by atoms with E-state index in [0.717, 1.165) is 23.4 Å². The van der Waals surface area contributed by atoms with Crippen molar-refractivity contribution in [3.63, 3.8) is 0 Å². The SMILES string of the molecule is O=C(Nc1ccc(O)c(C(F)(F)F)c1)[C@@H]1CCN(CC(=O)N2CCN(c3ccc(-c4ncccn4)cc3)CC2)C1. The largest absolute Gasteiger partial charge is 0.507 e. The summed E-state index contributed by atoms with van der Waals surface area (Å²) in [5, 5.41) is 12.0. The monoisotopic (exact) mass is 554 g/mol. The van der Waals surface area contributed by atoms with E-state index in [4.69, 9.17) is 0 Å². The number of hydrogen-bond donors (Lipinski definition) is 2. The number of rotatable bonds is 6. The smallest absolute Gasteiger partial charge is 0.420 e. The number of carbonyl (C=O) groups excluding carboxylic acids is 2. The lowest BCUT2D eigenvalue weighted by atomic mass is 10.1. The molecule has 2 aliphatic heterocycles. The zero-order chi connectivity index (χ0) is 28.3. The third kappa shape index (κ3) is 6.33. The Balaban J connectivity index is 1.08. The van der Waals surface area contributed by atoms with Crippen LogP contribution < -0.4 is 10.2 Å². The first-order chi connectivity index (χ1) is 19.2. The maximum Gasteiger partial charge on any atom is 0.420 e. The molecule has 0 saturated carbocycles. The quantitative estimate of drug-likeness (QED) is 0.450. The van der Waals surface area contributed by atoms with Crippen LogP contribution in [0, 0.1) is 5.92 Å². The molecule has 0 radical (unpaired) electrons. The van der Waals surface area contributed by atoms with Crippen LogP contribution in [-0.4, -0.2) is 82.5 Å². The van der Waals surface area contributed by atoms with Gasteiger partial charge in [-0.25, -0.2) is 9.97 Å². The second-order valence-electron chi connectivity index (χ2n) is 9.93. The number of anilines is 2. The average molecular weight is 555 g/mol. The number of phenolic OH excluding ortho intramolecular Hbond substituents is 1. The summed E-state index contributed by atoms with van der Waals surface area (Å²) >= 11 is 0. The van der Waals surface area contributed by atoms with Crippen molar-refractivity contribution in [1.29, 1.82) is 0 Å². The van der Waals surface area contributed by atoms with E-state index in [2.05, 4.69) is 20.2 Å². The molecule has 2 fully saturated rings. The highest BCUT2D eigenvalue weighted by Gasteiger charge is 2.35. The Labute approximate surface area is 229 Å². The summed E-state index contributed by atoms with van der Waals surface area (Å²) in [6, 6.07) is 12.7. The molecule has 2 aromatic carbocycles. The Hall–Kier alpha value is -4.19. The van der Waals surface area contributed by atoms with Crippen LogP contribution in [0.3, 0.4) is 0 Å². The van der Waals surface area contributed by atoms with Gasteiger partial charge in [-0.3, -0.25) is 14.5 Å². The van der Waals surface area contributed by atoms with E-state index in [9.17, 15) is 27.9 Å². The van der Waals surface area contributed by atoms with Crippen molar-refractivity contribution in [2.75, 3.05) is 56.0 Å². The first kappa shape index (κ1) is 27.4. The third-order valence-corrected chi connectivity index (χ3v) is 7.26. The van der Waals surface area contributed by atoms with Crippen LogP contribution in [0.4, 0.5) is 24.5 Å². The van der Waals surface area contributed by atoms with Crippen LogP contribution in [0.1, 0.15) is 12.0 Å². The third-order valence-electron chi connectivity index (χ3n) is 7.26. The van der Waals surface area contributed by atoms with E-state index in [-0.39, 0.29) is 18.1 Å². The van der Waals surface area contributed by atoms with Crippen molar-refractivity contribution in [3.8, 4) is 17.1 Å². The molecule has 2 saturated heterocycles. The number of nitrogens with one attached hydrogen (secondary N) is 1. The molecule has 1 atom stereocenters. The van der Waals surface area contributed by atoms with Crippen molar-refractivity contribution in [1.82, 2.24) is 19.8 Å². The fraction of sp³-hybridized carbons (Fsp3) is 0.357. The number of benzene rings is 2. The Bertz CT molecular complexity index is 1350. The number of hydrogen-bond acceptors (Lipinski definition) is 7. The normalized spacial score (nSPS) is 18.1. The fourth-order valence-electron chi connectivity index (χ4n) is 5.05. The second kappa shape index (κ2) is 11.5. The molecule has 12 heteroatoms. The summed E-state index contributed by atoms with van der Waals surface area (Å²) in [7, 11) is 0. The molecule has 3 aromatic rings. The number of alkyl halides is 3. The van der Waals surface area contributed by atoms with Gasteiger partial charge in [-0.15, -0.1) is 0 Å². The van der Waals surface area contributed by atoms with Gasteiger partial charge in [-0.05, 0) is 61.5 Å². The lowest BCUT2D eigenvalue weighted by Crippen LogP contribution is -2.51. The van der Waals surface area contributed by atoms with Gasteiger partial charge in [-0.2, -0.15) is 13.2 Å². The van der Waals surface area contributed by atoms with Gasteiger partial charge in [0.05, 0.1) is 18.0 Å². The molecule has 0 spiro atoms. The van der Waals surface area contributed by atoms with Crippen LogP contribution in [0.5, 0.6) is 5.75 Å². The number of likely N-dealkylation sites (tertiary alicyclic amines) is 1. The van der Waals surface area contributed by atoms with E-state index in [1.54, 1.807) is 18.5 Å². The minimum Gasteiger partial charge on any atom is -0.507 e. The molecule has 9 nitrogen and oxygen atoms in total. The van der Waals surface area contributed by atoms with Gasteiger partial charge in [0.25, 0.3) is 0 Å². The highest BCUT2D eigenvalue weighted by Crippen LogP contribution is 2.37. The lowest BCUT2D eigenvalue weighted by molar-refractivity contribution is -0.138. The summed E-state index contributed by atoms with van der Waals surface area (Å²) in [6.45, 7) is 3.65. The number of carbonyl (C=O) groups is 2. The molecule has 1 aromatic heterocycles. The Morgan fingerprint density at radius 3 is 2.35 bits per heavy atom. The maximum atomic E-state index is 13.1. The summed E-state index contributed by atoms with van der Waals surface area (Å²) in [6.07, 6.45) is -0.820. The van der Waals surface area contributed by atoms with Crippen molar-refractivity contribution >= 4 is 23.2 Å². The Morgan fingerprint density at radius 1 is 0.975 bits per heavy atom. The molecule has 210 valence electrons. The zero-order valence-corrected chi connectivity index (χ0v) is 21.6. The minimum absolute atomic E-state index is 0.00867. The van der Waals surface area contributed by atoms with E-state index >= 15 is 0 Å². The second-order valence-corrected chi connectivity index (χ2v) is 9.93. The zero-order valence-electron chi connectivity index (χ0n) is 21.6. The van der Waals surface area contributed by atoms with Crippen molar-refractivity contribution in [3.05, 3.63) is 66.5 Å². The van der Waals surface area contributed by atoms with Gasteiger partial charge in [0.15, 0.2) is 5.82 Å². The lowest BCUT2D eigenvalue weighted by Gasteiger charge is -2.36. The Kier molecular flexibility index (Phi) is 7.88. The number of amides is 2. The molecule has 0 aliphatic carbocycles. The predicted molar refractivity (Wildman–Crippen MR) is 143 cm³/mol. The van der Waals surface area contributed by atoms with Crippen LogP contribution in [0.15, 0.2) is 60.9 Å². The first-order valence-electron chi connectivity index (χ1n) is 13.0. The summed E-state index contributed by atoms with van der Waals surface area (Å²) < 4.78 is 39.2. The van der Waals surface area contributed by atoms with E-state index < -0.39 is 29.3 Å². The molecule has 40 heavy (non-hydrogen) atoms. The van der Waals surface area contributed by atoms with Gasteiger partial charge in [0.1, 0.15) is 5.75 Å². The van der Waals surface area contributed by atoms with Gasteiger partial charge in [-0.1, -0.05) is 0 Å². The molecule has 5 rings (SSSR count). The highest BCUT2D eigenvalue weighted by molar-refractivity contribution is 5.93. The Morgan fingerprint density at radius 2 is 1.68 bits per heavy atom. The van der Waals surface area contributed by atoms with Crippen LogP contribution in [0.2, 0.25) is 0 Å². The number of nitrogens with zero attached hydrogens (tertiary/aromatic N) is 5. The van der Waals surface area contributed by atoms with Crippen molar-refractivity contribution in [2.24, 2.45) is 5.92 Å². The summed E-state index contributed by atoms with van der Waals surface area (Å²) in [5.74, 6) is -1.09. The number of aromatic nitrogens is 2. The standard InChI is InChI=1S/C28H29F3N6O3/c29-28(30,31)23-16-21(4-7-24(23)38)34-27(40)20-8-11-35(17-20)18-25(39)37-14-12-36(13-15-37)22-5-2-19(3-6-22)26-32-9-1-10-33-26/h1-7,9-10,16,20,38H,8,11-15,17-18H2,(H,34,40)/t20-/m1/s1. The van der Waals surface area contributed by atoms with Gasteiger partial charge in [0.2, 0.25) is 11.8 Å². The van der Waals surface area contributed by atoms with Crippen LogP contribution in [0.25, 0.3) is 11.4 Å².